The van der Waals surface area contributed by atoms with Crippen LogP contribution in [0.4, 0.5) is 13.2 Å². The summed E-state index contributed by atoms with van der Waals surface area (Å²) in [7, 11) is 0. The Morgan fingerprint density at radius 1 is 0.905 bits per heavy atom. The summed E-state index contributed by atoms with van der Waals surface area (Å²) >= 11 is 0. The molecule has 0 fully saturated rings. The highest BCUT2D eigenvalue weighted by Gasteiger charge is 2.40. The molecule has 0 aliphatic rings. The molecule has 126 valence electrons. The first kappa shape index (κ1) is 20.3. The second-order valence-corrected chi connectivity index (χ2v) is 8.34. The molecule has 0 heterocycles. The molecule has 0 bridgehead atoms. The molecule has 1 atom stereocenters. The van der Waals surface area contributed by atoms with Gasteiger partial charge in [0.05, 0.1) is 0 Å². The van der Waals surface area contributed by atoms with Crippen LogP contribution in [-0.4, -0.2) is 17.6 Å². The first-order valence-electron chi connectivity index (χ1n) is 7.44. The van der Waals surface area contributed by atoms with E-state index in [1.54, 1.807) is 0 Å². The molecule has 0 saturated carbocycles. The van der Waals surface area contributed by atoms with Crippen LogP contribution >= 0.6 is 0 Å². The number of carbonyl (C=O) groups excluding carboxylic acids is 1. The molecule has 0 spiro atoms. The van der Waals surface area contributed by atoms with Crippen LogP contribution in [-0.2, 0) is 4.79 Å². The molecule has 1 unspecified atom stereocenters. The molecule has 0 rings (SSSR count). The maximum atomic E-state index is 12.3. The van der Waals surface area contributed by atoms with Gasteiger partial charge in [0, 0.05) is 5.54 Å². The molecule has 0 aliphatic carbocycles. The van der Waals surface area contributed by atoms with Crippen molar-refractivity contribution in [3.8, 4) is 0 Å². The lowest BCUT2D eigenvalue weighted by atomic mass is 9.71. The molecule has 0 aliphatic heterocycles. The summed E-state index contributed by atoms with van der Waals surface area (Å²) < 4.78 is 37.0. The second kappa shape index (κ2) is 6.57. The van der Waals surface area contributed by atoms with Gasteiger partial charge < -0.3 is 5.32 Å². The summed E-state index contributed by atoms with van der Waals surface area (Å²) in [6, 6.07) is 0. The Morgan fingerprint density at radius 2 is 1.38 bits per heavy atom. The van der Waals surface area contributed by atoms with Gasteiger partial charge in [0.25, 0.3) is 0 Å². The van der Waals surface area contributed by atoms with Crippen LogP contribution in [0.1, 0.15) is 74.1 Å². The number of alkyl halides is 3. The van der Waals surface area contributed by atoms with Gasteiger partial charge in [0.2, 0.25) is 5.91 Å². The van der Waals surface area contributed by atoms with Gasteiger partial charge in [0.15, 0.2) is 0 Å². The number of hydrogen-bond donors (Lipinski definition) is 1. The van der Waals surface area contributed by atoms with Crippen molar-refractivity contribution in [2.24, 2.45) is 10.8 Å². The molecule has 0 aromatic rings. The standard InChI is InChI=1S/C16H30F3NO/c1-13(2,3)9-8-10-15(7,14(4,5)6)20-12(21)11-16(17,18)19/h8-11H2,1-7H3,(H,20,21). The monoisotopic (exact) mass is 309 g/mol. The van der Waals surface area contributed by atoms with Crippen LogP contribution in [0.25, 0.3) is 0 Å². The molecule has 1 N–H and O–H groups in total. The zero-order chi connectivity index (χ0) is 17.1. The Labute approximate surface area is 126 Å². The van der Waals surface area contributed by atoms with Gasteiger partial charge in [-0.05, 0) is 30.6 Å². The molecule has 0 saturated heterocycles. The van der Waals surface area contributed by atoms with Crippen LogP contribution in [0.5, 0.6) is 0 Å². The van der Waals surface area contributed by atoms with Crippen molar-refractivity contribution in [2.45, 2.75) is 85.9 Å². The minimum atomic E-state index is -4.46. The van der Waals surface area contributed by atoms with Crippen LogP contribution in [0.3, 0.4) is 0 Å². The largest absolute Gasteiger partial charge is 0.397 e. The maximum Gasteiger partial charge on any atom is 0.397 e. The number of halogens is 3. The van der Waals surface area contributed by atoms with Gasteiger partial charge in [-0.25, -0.2) is 0 Å². The highest BCUT2D eigenvalue weighted by molar-refractivity contribution is 5.77. The normalized spacial score (nSPS) is 16.5. The zero-order valence-corrected chi connectivity index (χ0v) is 14.4. The second-order valence-electron chi connectivity index (χ2n) is 8.34. The molecular formula is C16H30F3NO. The predicted octanol–water partition coefficient (Wildman–Crippen LogP) is 5.08. The van der Waals surface area contributed by atoms with Crippen molar-refractivity contribution >= 4 is 5.91 Å². The number of nitrogens with one attached hydrogen (secondary N) is 1. The van der Waals surface area contributed by atoms with E-state index in [4.69, 9.17) is 0 Å². The zero-order valence-electron chi connectivity index (χ0n) is 14.4. The van der Waals surface area contributed by atoms with Crippen LogP contribution < -0.4 is 5.32 Å². The lowest BCUT2D eigenvalue weighted by Gasteiger charge is -2.43. The Bertz CT molecular complexity index is 350. The predicted molar refractivity (Wildman–Crippen MR) is 80.0 cm³/mol. The van der Waals surface area contributed by atoms with Crippen LogP contribution in [0.2, 0.25) is 0 Å². The quantitative estimate of drug-likeness (QED) is 0.754. The smallest absolute Gasteiger partial charge is 0.350 e. The third-order valence-electron chi connectivity index (χ3n) is 4.04. The van der Waals surface area contributed by atoms with E-state index >= 15 is 0 Å². The average molecular weight is 309 g/mol. The third kappa shape index (κ3) is 8.32. The summed E-state index contributed by atoms with van der Waals surface area (Å²) in [5, 5.41) is 2.62. The molecule has 0 radical (unpaired) electrons. The lowest BCUT2D eigenvalue weighted by Crippen LogP contribution is -2.55. The van der Waals surface area contributed by atoms with E-state index in [0.29, 0.717) is 6.42 Å². The van der Waals surface area contributed by atoms with Crippen LogP contribution in [0.15, 0.2) is 0 Å². The van der Waals surface area contributed by atoms with E-state index in [1.165, 1.54) is 0 Å². The highest BCUT2D eigenvalue weighted by Crippen LogP contribution is 2.36. The van der Waals surface area contributed by atoms with Gasteiger partial charge in [-0.2, -0.15) is 13.2 Å². The SMILES string of the molecule is CC(C)(C)CCCC(C)(NC(=O)CC(F)(F)F)C(C)(C)C. The van der Waals surface area contributed by atoms with Gasteiger partial charge in [-0.3, -0.25) is 4.79 Å². The minimum Gasteiger partial charge on any atom is -0.350 e. The molecule has 0 aromatic heterocycles. The topological polar surface area (TPSA) is 29.1 Å². The number of rotatable bonds is 5. The Hall–Kier alpha value is -0.740. The number of carbonyl (C=O) groups is 1. The van der Waals surface area contributed by atoms with Gasteiger partial charge >= 0.3 is 6.18 Å². The van der Waals surface area contributed by atoms with Crippen molar-refractivity contribution in [3.05, 3.63) is 0 Å². The van der Waals surface area contributed by atoms with E-state index in [9.17, 15) is 18.0 Å². The molecule has 0 aromatic carbocycles. The fourth-order valence-electron chi connectivity index (χ4n) is 2.13. The van der Waals surface area contributed by atoms with Gasteiger partial charge in [-0.1, -0.05) is 48.0 Å². The number of amides is 1. The Balaban J connectivity index is 4.83. The lowest BCUT2D eigenvalue weighted by molar-refractivity contribution is -0.156. The van der Waals surface area contributed by atoms with Crippen molar-refractivity contribution in [1.29, 1.82) is 0 Å². The summed E-state index contributed by atoms with van der Waals surface area (Å²) in [4.78, 5) is 11.6. The van der Waals surface area contributed by atoms with E-state index in [1.807, 2.05) is 27.7 Å². The fourth-order valence-corrected chi connectivity index (χ4v) is 2.13. The third-order valence-corrected chi connectivity index (χ3v) is 4.04. The average Bonchev–Trinajstić information content (AvgIpc) is 2.09. The first-order valence-corrected chi connectivity index (χ1v) is 7.44. The number of hydrogen-bond acceptors (Lipinski definition) is 1. The van der Waals surface area contributed by atoms with Crippen molar-refractivity contribution in [2.75, 3.05) is 0 Å². The molecular weight excluding hydrogens is 279 g/mol. The minimum absolute atomic E-state index is 0.175. The highest BCUT2D eigenvalue weighted by atomic mass is 19.4. The fraction of sp³-hybridized carbons (Fsp3) is 0.938. The molecule has 5 heteroatoms. The Morgan fingerprint density at radius 3 is 1.71 bits per heavy atom. The van der Waals surface area contributed by atoms with Gasteiger partial charge in [-0.15, -0.1) is 0 Å². The molecule has 21 heavy (non-hydrogen) atoms. The van der Waals surface area contributed by atoms with E-state index < -0.39 is 24.0 Å². The van der Waals surface area contributed by atoms with E-state index in [2.05, 4.69) is 26.1 Å². The van der Waals surface area contributed by atoms with Crippen LogP contribution in [0, 0.1) is 10.8 Å². The van der Waals surface area contributed by atoms with Gasteiger partial charge in [0.1, 0.15) is 6.42 Å². The Kier molecular flexibility index (Phi) is 6.34. The summed E-state index contributed by atoms with van der Waals surface area (Å²) in [5.41, 5.74) is -0.790. The van der Waals surface area contributed by atoms with Crippen molar-refractivity contribution in [1.82, 2.24) is 5.32 Å². The first-order chi connectivity index (χ1) is 9.06. The van der Waals surface area contributed by atoms with E-state index in [-0.39, 0.29) is 10.8 Å². The summed E-state index contributed by atoms with van der Waals surface area (Å²) in [5.74, 6) is -0.948. The maximum absolute atomic E-state index is 12.3. The van der Waals surface area contributed by atoms with Crippen molar-refractivity contribution in [3.63, 3.8) is 0 Å². The van der Waals surface area contributed by atoms with Crippen molar-refractivity contribution < 1.29 is 18.0 Å². The summed E-state index contributed by atoms with van der Waals surface area (Å²) in [6.45, 7) is 14.1. The molecule has 2 nitrogen and oxygen atoms in total. The van der Waals surface area contributed by atoms with E-state index in [0.717, 1.165) is 12.8 Å². The summed E-state index contributed by atoms with van der Waals surface area (Å²) in [6.07, 6.45) is -3.39. The molecule has 1 amide bonds.